The Labute approximate surface area is 306 Å². The number of hydrogen-bond donors (Lipinski definition) is 0. The molecule has 6 aliphatic rings. The van der Waals surface area contributed by atoms with Gasteiger partial charge in [-0.2, -0.15) is 0 Å². The zero-order chi connectivity index (χ0) is 34.2. The predicted octanol–water partition coefficient (Wildman–Crippen LogP) is 12.5. The van der Waals surface area contributed by atoms with Gasteiger partial charge < -0.3 is 9.15 Å². The van der Waals surface area contributed by atoms with Gasteiger partial charge in [-0.25, -0.2) is 0 Å². The average Bonchev–Trinajstić information content (AvgIpc) is 3.78. The Morgan fingerprint density at radius 3 is 2.44 bits per heavy atom. The second-order valence-electron chi connectivity index (χ2n) is 15.8. The van der Waals surface area contributed by atoms with Crippen LogP contribution in [-0.4, -0.2) is 6.10 Å². The van der Waals surface area contributed by atoms with Crippen molar-refractivity contribution < 1.29 is 9.15 Å². The molecule has 4 aromatic carbocycles. The highest BCUT2D eigenvalue weighted by molar-refractivity contribution is 5.90. The molecule has 2 heterocycles. The number of para-hydroxylation sites is 1. The Hall–Kier alpha value is -5.34. The largest absolute Gasteiger partial charge is 0.485 e. The maximum atomic E-state index is 6.84. The number of hydrogen-bond acceptors (Lipinski definition) is 2. The Morgan fingerprint density at radius 1 is 0.654 bits per heavy atom. The van der Waals surface area contributed by atoms with E-state index in [1.54, 1.807) is 0 Å². The molecule has 2 nitrogen and oxygen atoms in total. The standard InChI is InChI=1S/C50H42O2/c1-2-10-31(11-3-1)35-21-23-44-48(28-35)52-49-30-45(40-14-6-7-16-43(40)50(44)49)39-26-37(34-19-18-32-12-4-5-13-33(32)24-34)25-38(27-39)36-20-22-42-41-15-8-9-17-46(41)51-47(42)29-36/h1-3,5-11,13-24,28-30,37-40,42-43,47H,4,12,25-27H2. The molecule has 254 valence electrons. The number of rotatable bonds is 4. The molecule has 5 aromatic rings. The molecule has 5 aliphatic carbocycles. The highest BCUT2D eigenvalue weighted by atomic mass is 16.5. The lowest BCUT2D eigenvalue weighted by Crippen LogP contribution is -2.30. The molecule has 1 fully saturated rings. The fraction of sp³-hybridized carbons (Fsp3) is 0.240. The van der Waals surface area contributed by atoms with E-state index in [0.717, 1.165) is 49.2 Å². The molecule has 1 saturated carbocycles. The maximum Gasteiger partial charge on any atom is 0.135 e. The lowest BCUT2D eigenvalue weighted by molar-refractivity contribution is 0.256. The van der Waals surface area contributed by atoms with E-state index in [9.17, 15) is 0 Å². The van der Waals surface area contributed by atoms with E-state index in [-0.39, 0.29) is 12.0 Å². The minimum atomic E-state index is 0.0775. The lowest BCUT2D eigenvalue weighted by Gasteiger charge is -2.42. The Balaban J connectivity index is 0.990. The summed E-state index contributed by atoms with van der Waals surface area (Å²) in [5.41, 5.74) is 13.4. The monoisotopic (exact) mass is 674 g/mol. The summed E-state index contributed by atoms with van der Waals surface area (Å²) in [7, 11) is 0. The van der Waals surface area contributed by atoms with Crippen LogP contribution < -0.4 is 4.74 Å². The molecular weight excluding hydrogens is 633 g/mol. The van der Waals surface area contributed by atoms with Crippen molar-refractivity contribution in [3.8, 4) is 16.9 Å². The molecule has 1 aliphatic heterocycles. The van der Waals surface area contributed by atoms with Crippen molar-refractivity contribution in [1.82, 2.24) is 0 Å². The first-order chi connectivity index (χ1) is 25.7. The smallest absolute Gasteiger partial charge is 0.135 e. The predicted molar refractivity (Wildman–Crippen MR) is 212 cm³/mol. The van der Waals surface area contributed by atoms with Gasteiger partial charge in [-0.1, -0.05) is 133 Å². The number of allylic oxidation sites excluding steroid dienone is 8. The molecule has 0 radical (unpaired) electrons. The topological polar surface area (TPSA) is 22.4 Å². The van der Waals surface area contributed by atoms with E-state index < -0.39 is 0 Å². The van der Waals surface area contributed by atoms with Crippen molar-refractivity contribution in [3.63, 3.8) is 0 Å². The van der Waals surface area contributed by atoms with Crippen LogP contribution in [0.15, 0.2) is 155 Å². The van der Waals surface area contributed by atoms with E-state index in [2.05, 4.69) is 152 Å². The highest BCUT2D eigenvalue weighted by Crippen LogP contribution is 2.54. The quantitative estimate of drug-likeness (QED) is 0.189. The van der Waals surface area contributed by atoms with E-state index in [0.29, 0.717) is 29.6 Å². The van der Waals surface area contributed by atoms with Crippen molar-refractivity contribution in [1.29, 1.82) is 0 Å². The molecule has 11 rings (SSSR count). The minimum Gasteiger partial charge on any atom is -0.485 e. The highest BCUT2D eigenvalue weighted by Gasteiger charge is 2.42. The van der Waals surface area contributed by atoms with Gasteiger partial charge in [-0.15, -0.1) is 0 Å². The number of aryl methyl sites for hydroxylation is 1. The van der Waals surface area contributed by atoms with Gasteiger partial charge in [0.05, 0.1) is 0 Å². The van der Waals surface area contributed by atoms with Crippen LogP contribution in [0.2, 0.25) is 0 Å². The van der Waals surface area contributed by atoms with Crippen molar-refractivity contribution in [3.05, 3.63) is 184 Å². The van der Waals surface area contributed by atoms with Gasteiger partial charge in [0, 0.05) is 34.3 Å². The molecule has 2 heteroatoms. The molecule has 7 unspecified atom stereocenters. The van der Waals surface area contributed by atoms with Crippen LogP contribution in [0.25, 0.3) is 34.2 Å². The summed E-state index contributed by atoms with van der Waals surface area (Å²) >= 11 is 0. The third-order valence-corrected chi connectivity index (χ3v) is 12.9. The van der Waals surface area contributed by atoms with Crippen LogP contribution in [-0.2, 0) is 6.42 Å². The van der Waals surface area contributed by atoms with Gasteiger partial charge in [-0.05, 0) is 108 Å². The molecule has 52 heavy (non-hydrogen) atoms. The van der Waals surface area contributed by atoms with Crippen LogP contribution in [0.4, 0.5) is 0 Å². The first-order valence-corrected chi connectivity index (χ1v) is 19.4. The van der Waals surface area contributed by atoms with Gasteiger partial charge in [0.1, 0.15) is 23.2 Å². The summed E-state index contributed by atoms with van der Waals surface area (Å²) in [4.78, 5) is 0. The molecule has 7 atom stereocenters. The van der Waals surface area contributed by atoms with Crippen LogP contribution in [0, 0.1) is 17.8 Å². The summed E-state index contributed by atoms with van der Waals surface area (Å²) in [5, 5.41) is 1.24. The number of ether oxygens (including phenoxy) is 1. The molecule has 0 amide bonds. The molecule has 0 bridgehead atoms. The van der Waals surface area contributed by atoms with E-state index in [1.807, 2.05) is 0 Å². The second kappa shape index (κ2) is 12.1. The van der Waals surface area contributed by atoms with Crippen molar-refractivity contribution in [2.75, 3.05) is 0 Å². The van der Waals surface area contributed by atoms with Crippen LogP contribution >= 0.6 is 0 Å². The molecular formula is C50H42O2. The summed E-state index contributed by atoms with van der Waals surface area (Å²) in [6, 6.07) is 33.4. The average molecular weight is 675 g/mol. The van der Waals surface area contributed by atoms with E-state index in [1.165, 1.54) is 55.5 Å². The Kier molecular flexibility index (Phi) is 7.07. The van der Waals surface area contributed by atoms with Gasteiger partial charge in [0.25, 0.3) is 0 Å². The van der Waals surface area contributed by atoms with Crippen molar-refractivity contribution >= 4 is 23.1 Å². The maximum absolute atomic E-state index is 6.84. The summed E-state index contributed by atoms with van der Waals surface area (Å²) in [6.45, 7) is 0. The first-order valence-electron chi connectivity index (χ1n) is 19.4. The van der Waals surface area contributed by atoms with E-state index in [4.69, 9.17) is 9.15 Å². The van der Waals surface area contributed by atoms with Gasteiger partial charge in [-0.3, -0.25) is 0 Å². The van der Waals surface area contributed by atoms with Crippen LogP contribution in [0.1, 0.15) is 77.0 Å². The van der Waals surface area contributed by atoms with Gasteiger partial charge >= 0.3 is 0 Å². The summed E-state index contributed by atoms with van der Waals surface area (Å²) < 4.78 is 13.4. The number of benzene rings is 4. The summed E-state index contributed by atoms with van der Waals surface area (Å²) in [6.07, 6.45) is 29.7. The SMILES string of the molecule is C1=CC2C(C3CC(C4=CC5Oc6ccccc6C5C=C4)CC(c4ccc5c(c4)C=CCC5)C3)=Cc3oc4cc(-c5ccccc5)ccc4c3C2C=C1. The molecule has 0 N–H and O–H groups in total. The van der Waals surface area contributed by atoms with Crippen LogP contribution in [0.5, 0.6) is 5.75 Å². The van der Waals surface area contributed by atoms with Crippen molar-refractivity contribution in [2.45, 2.75) is 56.0 Å². The second-order valence-corrected chi connectivity index (χ2v) is 15.8. The normalized spacial score (nSPS) is 27.9. The fourth-order valence-corrected chi connectivity index (χ4v) is 10.4. The Morgan fingerprint density at radius 2 is 1.50 bits per heavy atom. The van der Waals surface area contributed by atoms with Gasteiger partial charge in [0.15, 0.2) is 0 Å². The molecule has 1 aromatic heterocycles. The lowest BCUT2D eigenvalue weighted by atomic mass is 9.62. The third-order valence-electron chi connectivity index (χ3n) is 12.9. The van der Waals surface area contributed by atoms with E-state index >= 15 is 0 Å². The number of furan rings is 1. The number of fused-ring (bicyclic) bond motifs is 9. The van der Waals surface area contributed by atoms with Crippen molar-refractivity contribution in [2.24, 2.45) is 17.8 Å². The van der Waals surface area contributed by atoms with Gasteiger partial charge in [0.2, 0.25) is 0 Å². The zero-order valence-electron chi connectivity index (χ0n) is 29.3. The zero-order valence-corrected chi connectivity index (χ0v) is 29.3. The fourth-order valence-electron chi connectivity index (χ4n) is 10.4. The molecule has 0 saturated heterocycles. The van der Waals surface area contributed by atoms with Crippen LogP contribution in [0.3, 0.4) is 0 Å². The molecule has 0 spiro atoms. The minimum absolute atomic E-state index is 0.0775. The Bertz CT molecular complexity index is 2410. The third kappa shape index (κ3) is 4.99. The first kappa shape index (κ1) is 30.3. The summed E-state index contributed by atoms with van der Waals surface area (Å²) in [5.74, 6) is 4.36.